The Morgan fingerprint density at radius 3 is 2.44 bits per heavy atom. The molecule has 0 aliphatic rings. The summed E-state index contributed by atoms with van der Waals surface area (Å²) in [5.74, 6) is -0.179. The standard InChI is InChI=1S/C20H26N2O4S/c1-15-7-9-16(10-8-15)20(22-19(23)14-21-11-12-26-2)17-5-4-6-18(13-17)27(3,24)25/h4-10,13,20-21H,11-12,14H2,1-3H3,(H,22,23). The van der Waals surface area contributed by atoms with Crippen LogP contribution in [0.4, 0.5) is 0 Å². The first-order valence-electron chi connectivity index (χ1n) is 8.67. The van der Waals surface area contributed by atoms with Gasteiger partial charge in [0.2, 0.25) is 5.91 Å². The van der Waals surface area contributed by atoms with Crippen LogP contribution >= 0.6 is 0 Å². The van der Waals surface area contributed by atoms with Gasteiger partial charge < -0.3 is 15.4 Å². The zero-order valence-corrected chi connectivity index (χ0v) is 16.7. The molecule has 1 unspecified atom stereocenters. The van der Waals surface area contributed by atoms with Crippen molar-refractivity contribution in [2.75, 3.05) is 33.1 Å². The summed E-state index contributed by atoms with van der Waals surface area (Å²) in [6, 6.07) is 14.0. The number of rotatable bonds is 9. The van der Waals surface area contributed by atoms with E-state index < -0.39 is 15.9 Å². The fourth-order valence-corrected chi connectivity index (χ4v) is 3.31. The van der Waals surface area contributed by atoms with Crippen molar-refractivity contribution >= 4 is 15.7 Å². The van der Waals surface area contributed by atoms with E-state index in [0.29, 0.717) is 18.7 Å². The van der Waals surface area contributed by atoms with Crippen molar-refractivity contribution in [2.24, 2.45) is 0 Å². The van der Waals surface area contributed by atoms with Crippen molar-refractivity contribution in [3.05, 3.63) is 65.2 Å². The molecular weight excluding hydrogens is 364 g/mol. The Hall–Kier alpha value is -2.22. The first-order chi connectivity index (χ1) is 12.8. The normalized spacial score (nSPS) is 12.6. The molecular formula is C20H26N2O4S. The van der Waals surface area contributed by atoms with Gasteiger partial charge in [0.05, 0.1) is 24.1 Å². The molecule has 0 radical (unpaired) electrons. The predicted octanol–water partition coefficient (Wildman–Crippen LogP) is 1.84. The molecule has 0 saturated carbocycles. The lowest BCUT2D eigenvalue weighted by Crippen LogP contribution is -2.37. The molecule has 0 aliphatic heterocycles. The monoisotopic (exact) mass is 390 g/mol. The number of carbonyl (C=O) groups excluding carboxylic acids is 1. The van der Waals surface area contributed by atoms with Gasteiger partial charge in [0, 0.05) is 19.9 Å². The summed E-state index contributed by atoms with van der Waals surface area (Å²) in [5, 5.41) is 5.99. The smallest absolute Gasteiger partial charge is 0.234 e. The molecule has 6 nitrogen and oxygen atoms in total. The van der Waals surface area contributed by atoms with E-state index in [1.54, 1.807) is 25.3 Å². The van der Waals surface area contributed by atoms with Crippen LogP contribution in [0.5, 0.6) is 0 Å². The Morgan fingerprint density at radius 1 is 1.11 bits per heavy atom. The van der Waals surface area contributed by atoms with Crippen molar-refractivity contribution < 1.29 is 17.9 Å². The number of sulfone groups is 1. The summed E-state index contributed by atoms with van der Waals surface area (Å²) in [7, 11) is -1.73. The minimum Gasteiger partial charge on any atom is -0.383 e. The number of carbonyl (C=O) groups is 1. The zero-order valence-electron chi connectivity index (χ0n) is 15.9. The minimum atomic E-state index is -3.34. The molecule has 0 bridgehead atoms. The number of hydrogen-bond acceptors (Lipinski definition) is 5. The molecule has 27 heavy (non-hydrogen) atoms. The summed E-state index contributed by atoms with van der Waals surface area (Å²) in [6.07, 6.45) is 1.17. The highest BCUT2D eigenvalue weighted by atomic mass is 32.2. The topological polar surface area (TPSA) is 84.5 Å². The fraction of sp³-hybridized carbons (Fsp3) is 0.350. The first kappa shape index (κ1) is 21.1. The lowest BCUT2D eigenvalue weighted by Gasteiger charge is -2.21. The van der Waals surface area contributed by atoms with Crippen LogP contribution in [0.3, 0.4) is 0 Å². The van der Waals surface area contributed by atoms with Gasteiger partial charge in [-0.05, 0) is 30.2 Å². The van der Waals surface area contributed by atoms with Gasteiger partial charge in [0.25, 0.3) is 0 Å². The van der Waals surface area contributed by atoms with E-state index in [4.69, 9.17) is 4.74 Å². The lowest BCUT2D eigenvalue weighted by molar-refractivity contribution is -0.120. The van der Waals surface area contributed by atoms with E-state index in [2.05, 4.69) is 10.6 Å². The van der Waals surface area contributed by atoms with Crippen molar-refractivity contribution in [2.45, 2.75) is 17.9 Å². The van der Waals surface area contributed by atoms with Gasteiger partial charge in [0.1, 0.15) is 0 Å². The highest BCUT2D eigenvalue weighted by Crippen LogP contribution is 2.24. The highest BCUT2D eigenvalue weighted by Gasteiger charge is 2.18. The second kappa shape index (κ2) is 9.64. The summed E-state index contributed by atoms with van der Waals surface area (Å²) >= 11 is 0. The fourth-order valence-electron chi connectivity index (χ4n) is 2.63. The maximum absolute atomic E-state index is 12.4. The van der Waals surface area contributed by atoms with Crippen LogP contribution in [0.25, 0.3) is 0 Å². The Bertz CT molecular complexity index is 864. The maximum atomic E-state index is 12.4. The molecule has 7 heteroatoms. The third-order valence-electron chi connectivity index (χ3n) is 4.10. The van der Waals surface area contributed by atoms with Crippen molar-refractivity contribution in [1.82, 2.24) is 10.6 Å². The molecule has 0 saturated heterocycles. The van der Waals surface area contributed by atoms with Gasteiger partial charge in [-0.15, -0.1) is 0 Å². The second-order valence-electron chi connectivity index (χ2n) is 6.43. The Labute approximate surface area is 160 Å². The molecule has 2 rings (SSSR count). The number of nitrogens with one attached hydrogen (secondary N) is 2. The third kappa shape index (κ3) is 6.46. The van der Waals surface area contributed by atoms with E-state index in [9.17, 15) is 13.2 Å². The van der Waals surface area contributed by atoms with Crippen LogP contribution in [-0.2, 0) is 19.4 Å². The Morgan fingerprint density at radius 2 is 1.81 bits per heavy atom. The quantitative estimate of drug-likeness (QED) is 0.638. The van der Waals surface area contributed by atoms with E-state index in [-0.39, 0.29) is 17.3 Å². The van der Waals surface area contributed by atoms with Crippen LogP contribution in [0.15, 0.2) is 53.4 Å². The molecule has 0 aromatic heterocycles. The highest BCUT2D eigenvalue weighted by molar-refractivity contribution is 7.90. The molecule has 0 fully saturated rings. The van der Waals surface area contributed by atoms with Gasteiger partial charge in [-0.3, -0.25) is 4.79 Å². The van der Waals surface area contributed by atoms with E-state index in [0.717, 1.165) is 11.1 Å². The Kier molecular flexibility index (Phi) is 7.53. The van der Waals surface area contributed by atoms with Gasteiger partial charge >= 0.3 is 0 Å². The Balaban J connectivity index is 2.28. The average molecular weight is 391 g/mol. The van der Waals surface area contributed by atoms with Gasteiger partial charge in [-0.25, -0.2) is 8.42 Å². The van der Waals surface area contributed by atoms with Crippen LogP contribution < -0.4 is 10.6 Å². The zero-order chi connectivity index (χ0) is 19.9. The SMILES string of the molecule is COCCNCC(=O)NC(c1ccc(C)cc1)c1cccc(S(C)(=O)=O)c1. The predicted molar refractivity (Wildman–Crippen MR) is 105 cm³/mol. The molecule has 0 heterocycles. The summed E-state index contributed by atoms with van der Waals surface area (Å²) in [5.41, 5.74) is 2.71. The molecule has 2 N–H and O–H groups in total. The average Bonchev–Trinajstić information content (AvgIpc) is 2.64. The van der Waals surface area contributed by atoms with Crippen LogP contribution in [0.2, 0.25) is 0 Å². The number of methoxy groups -OCH3 is 1. The molecule has 1 amide bonds. The number of benzene rings is 2. The van der Waals surface area contributed by atoms with Gasteiger partial charge in [0.15, 0.2) is 9.84 Å². The third-order valence-corrected chi connectivity index (χ3v) is 5.21. The van der Waals surface area contributed by atoms with Gasteiger partial charge in [-0.1, -0.05) is 42.0 Å². The summed E-state index contributed by atoms with van der Waals surface area (Å²) in [4.78, 5) is 12.6. The van der Waals surface area contributed by atoms with E-state index in [1.807, 2.05) is 37.3 Å². The van der Waals surface area contributed by atoms with Crippen molar-refractivity contribution in [3.8, 4) is 0 Å². The number of ether oxygens (including phenoxy) is 1. The van der Waals surface area contributed by atoms with Crippen LogP contribution in [0, 0.1) is 6.92 Å². The summed E-state index contributed by atoms with van der Waals surface area (Å²) in [6.45, 7) is 3.23. The number of aryl methyl sites for hydroxylation is 1. The van der Waals surface area contributed by atoms with Crippen molar-refractivity contribution in [1.29, 1.82) is 0 Å². The first-order valence-corrected chi connectivity index (χ1v) is 10.6. The van der Waals surface area contributed by atoms with E-state index >= 15 is 0 Å². The number of hydrogen-bond donors (Lipinski definition) is 2. The minimum absolute atomic E-state index is 0.150. The number of amides is 1. The van der Waals surface area contributed by atoms with Crippen LogP contribution in [0.1, 0.15) is 22.7 Å². The second-order valence-corrected chi connectivity index (χ2v) is 8.44. The lowest BCUT2D eigenvalue weighted by atomic mass is 9.97. The maximum Gasteiger partial charge on any atom is 0.234 e. The summed E-state index contributed by atoms with van der Waals surface area (Å²) < 4.78 is 28.8. The molecule has 0 aliphatic carbocycles. The molecule has 0 spiro atoms. The molecule has 2 aromatic carbocycles. The largest absolute Gasteiger partial charge is 0.383 e. The van der Waals surface area contributed by atoms with Crippen LogP contribution in [-0.4, -0.2) is 47.4 Å². The van der Waals surface area contributed by atoms with E-state index in [1.165, 1.54) is 6.26 Å². The molecule has 2 aromatic rings. The van der Waals surface area contributed by atoms with Gasteiger partial charge in [-0.2, -0.15) is 0 Å². The molecule has 146 valence electrons. The molecule has 1 atom stereocenters. The van der Waals surface area contributed by atoms with Crippen molar-refractivity contribution in [3.63, 3.8) is 0 Å².